The fraction of sp³-hybridized carbons (Fsp3) is 0.360. The van der Waals surface area contributed by atoms with Crippen LogP contribution in [0.3, 0.4) is 0 Å². The highest BCUT2D eigenvalue weighted by Crippen LogP contribution is 2.21. The fourth-order valence-electron chi connectivity index (χ4n) is 3.35. The fourth-order valence-corrected chi connectivity index (χ4v) is 3.35. The lowest BCUT2D eigenvalue weighted by Crippen LogP contribution is -2.28. The van der Waals surface area contributed by atoms with Crippen LogP contribution in [0.5, 0.6) is 0 Å². The second kappa shape index (κ2) is 11.3. The number of anilines is 1. The zero-order chi connectivity index (χ0) is 23.8. The van der Waals surface area contributed by atoms with E-state index >= 15 is 0 Å². The SMILES string of the molecule is CC(C)COC(=O)c1ccc(NC(=O)COC(=O)[C@@H]2CC(=O)N(Cc3ccccc3)C2)cc1. The average Bonchev–Trinajstić information content (AvgIpc) is 3.17. The van der Waals surface area contributed by atoms with Gasteiger partial charge in [-0.05, 0) is 35.7 Å². The highest BCUT2D eigenvalue weighted by Gasteiger charge is 2.35. The summed E-state index contributed by atoms with van der Waals surface area (Å²) in [6, 6.07) is 15.8. The molecule has 2 aromatic rings. The number of nitrogens with zero attached hydrogens (tertiary/aromatic N) is 1. The molecule has 0 saturated carbocycles. The van der Waals surface area contributed by atoms with Gasteiger partial charge in [0.15, 0.2) is 6.61 Å². The minimum absolute atomic E-state index is 0.0711. The summed E-state index contributed by atoms with van der Waals surface area (Å²) in [6.45, 7) is 4.47. The lowest BCUT2D eigenvalue weighted by atomic mass is 10.1. The van der Waals surface area contributed by atoms with E-state index in [9.17, 15) is 19.2 Å². The van der Waals surface area contributed by atoms with Gasteiger partial charge in [-0.25, -0.2) is 4.79 Å². The molecule has 1 atom stereocenters. The molecule has 0 aliphatic carbocycles. The third kappa shape index (κ3) is 7.17. The van der Waals surface area contributed by atoms with E-state index in [-0.39, 0.29) is 24.8 Å². The first kappa shape index (κ1) is 24.0. The predicted octanol–water partition coefficient (Wildman–Crippen LogP) is 3.03. The van der Waals surface area contributed by atoms with Gasteiger partial charge in [0, 0.05) is 25.2 Å². The van der Waals surface area contributed by atoms with Gasteiger partial charge in [0.2, 0.25) is 5.91 Å². The predicted molar refractivity (Wildman–Crippen MR) is 121 cm³/mol. The van der Waals surface area contributed by atoms with E-state index in [0.717, 1.165) is 5.56 Å². The van der Waals surface area contributed by atoms with Crippen LogP contribution in [0.2, 0.25) is 0 Å². The molecule has 174 valence electrons. The zero-order valence-electron chi connectivity index (χ0n) is 18.8. The van der Waals surface area contributed by atoms with Gasteiger partial charge in [-0.3, -0.25) is 14.4 Å². The Balaban J connectivity index is 1.42. The quantitative estimate of drug-likeness (QED) is 0.587. The van der Waals surface area contributed by atoms with E-state index in [4.69, 9.17) is 9.47 Å². The number of ether oxygens (including phenoxy) is 2. The van der Waals surface area contributed by atoms with Crippen LogP contribution >= 0.6 is 0 Å². The molecule has 1 heterocycles. The van der Waals surface area contributed by atoms with Gasteiger partial charge in [-0.2, -0.15) is 0 Å². The maximum atomic E-state index is 12.3. The Labute approximate surface area is 192 Å². The van der Waals surface area contributed by atoms with E-state index in [0.29, 0.717) is 24.4 Å². The van der Waals surface area contributed by atoms with Crippen molar-refractivity contribution in [3.05, 3.63) is 65.7 Å². The minimum Gasteiger partial charge on any atom is -0.462 e. The zero-order valence-corrected chi connectivity index (χ0v) is 18.8. The van der Waals surface area contributed by atoms with E-state index < -0.39 is 30.4 Å². The number of likely N-dealkylation sites (tertiary alicyclic amines) is 1. The van der Waals surface area contributed by atoms with Crippen LogP contribution in [0.1, 0.15) is 36.2 Å². The molecular formula is C25H28N2O6. The van der Waals surface area contributed by atoms with Gasteiger partial charge in [-0.1, -0.05) is 44.2 Å². The number of hydrogen-bond acceptors (Lipinski definition) is 6. The highest BCUT2D eigenvalue weighted by atomic mass is 16.5. The van der Waals surface area contributed by atoms with Crippen molar-refractivity contribution in [1.82, 2.24) is 4.90 Å². The Bertz CT molecular complexity index is 988. The largest absolute Gasteiger partial charge is 0.462 e. The molecular weight excluding hydrogens is 424 g/mol. The molecule has 0 radical (unpaired) electrons. The molecule has 1 N–H and O–H groups in total. The number of carbonyl (C=O) groups is 4. The van der Waals surface area contributed by atoms with Crippen LogP contribution in [0.4, 0.5) is 5.69 Å². The van der Waals surface area contributed by atoms with Gasteiger partial charge in [0.25, 0.3) is 5.91 Å². The van der Waals surface area contributed by atoms with E-state index in [1.54, 1.807) is 29.2 Å². The first-order valence-electron chi connectivity index (χ1n) is 10.9. The smallest absolute Gasteiger partial charge is 0.338 e. The number of carbonyl (C=O) groups excluding carboxylic acids is 4. The van der Waals surface area contributed by atoms with Crippen LogP contribution in [0, 0.1) is 11.8 Å². The first-order chi connectivity index (χ1) is 15.8. The molecule has 33 heavy (non-hydrogen) atoms. The molecule has 1 aliphatic rings. The summed E-state index contributed by atoms with van der Waals surface area (Å²) in [5.41, 5.74) is 1.83. The molecule has 2 amide bonds. The van der Waals surface area contributed by atoms with Crippen LogP contribution in [-0.2, 0) is 30.4 Å². The lowest BCUT2D eigenvalue weighted by Gasteiger charge is -2.16. The number of hydrogen-bond donors (Lipinski definition) is 1. The van der Waals surface area contributed by atoms with Crippen molar-refractivity contribution >= 4 is 29.4 Å². The molecule has 1 aliphatic heterocycles. The van der Waals surface area contributed by atoms with Crippen molar-refractivity contribution in [3.8, 4) is 0 Å². The molecule has 2 aromatic carbocycles. The summed E-state index contributed by atoms with van der Waals surface area (Å²) >= 11 is 0. The van der Waals surface area contributed by atoms with E-state index in [1.165, 1.54) is 0 Å². The molecule has 0 unspecified atom stereocenters. The van der Waals surface area contributed by atoms with Gasteiger partial charge in [-0.15, -0.1) is 0 Å². The first-order valence-corrected chi connectivity index (χ1v) is 10.9. The molecule has 8 heteroatoms. The second-order valence-corrected chi connectivity index (χ2v) is 8.39. The highest BCUT2D eigenvalue weighted by molar-refractivity contribution is 5.95. The van der Waals surface area contributed by atoms with Crippen molar-refractivity contribution in [2.24, 2.45) is 11.8 Å². The molecule has 1 saturated heterocycles. The molecule has 8 nitrogen and oxygen atoms in total. The third-order valence-electron chi connectivity index (χ3n) is 5.06. The number of nitrogens with one attached hydrogen (secondary N) is 1. The summed E-state index contributed by atoms with van der Waals surface area (Å²) in [5, 5.41) is 2.61. The molecule has 0 spiro atoms. The number of rotatable bonds is 9. The van der Waals surface area contributed by atoms with Crippen LogP contribution < -0.4 is 5.32 Å². The average molecular weight is 453 g/mol. The third-order valence-corrected chi connectivity index (χ3v) is 5.06. The van der Waals surface area contributed by atoms with Crippen molar-refractivity contribution in [1.29, 1.82) is 0 Å². The Morgan fingerprint density at radius 1 is 1.03 bits per heavy atom. The Hall–Kier alpha value is -3.68. The molecule has 3 rings (SSSR count). The standard InChI is InChI=1S/C25H28N2O6/c1-17(2)15-32-24(30)19-8-10-21(11-9-19)26-22(28)16-33-25(31)20-12-23(29)27(14-20)13-18-6-4-3-5-7-18/h3-11,17,20H,12-16H2,1-2H3,(H,26,28)/t20-/m1/s1. The molecule has 1 fully saturated rings. The summed E-state index contributed by atoms with van der Waals surface area (Å²) in [4.78, 5) is 50.3. The monoisotopic (exact) mass is 452 g/mol. The minimum atomic E-state index is -0.592. The maximum Gasteiger partial charge on any atom is 0.338 e. The van der Waals surface area contributed by atoms with E-state index in [2.05, 4.69) is 5.32 Å². The topological polar surface area (TPSA) is 102 Å². The van der Waals surface area contributed by atoms with Crippen LogP contribution in [0.15, 0.2) is 54.6 Å². The van der Waals surface area contributed by atoms with Crippen LogP contribution in [0.25, 0.3) is 0 Å². The lowest BCUT2D eigenvalue weighted by molar-refractivity contribution is -0.151. The number of benzene rings is 2. The Kier molecular flexibility index (Phi) is 8.18. The molecule has 0 bridgehead atoms. The van der Waals surface area contributed by atoms with Crippen molar-refractivity contribution < 1.29 is 28.7 Å². The number of amides is 2. The summed E-state index contributed by atoms with van der Waals surface area (Å²) in [5.74, 6) is -1.98. The van der Waals surface area contributed by atoms with E-state index in [1.807, 2.05) is 44.2 Å². The van der Waals surface area contributed by atoms with Gasteiger partial charge < -0.3 is 19.7 Å². The number of esters is 2. The maximum absolute atomic E-state index is 12.3. The normalized spacial score (nSPS) is 15.4. The van der Waals surface area contributed by atoms with Crippen molar-refractivity contribution in [2.75, 3.05) is 25.1 Å². The van der Waals surface area contributed by atoms with Crippen LogP contribution in [-0.4, -0.2) is 48.4 Å². The Morgan fingerprint density at radius 2 is 1.73 bits per heavy atom. The summed E-state index contributed by atoms with van der Waals surface area (Å²) < 4.78 is 10.3. The summed E-state index contributed by atoms with van der Waals surface area (Å²) in [7, 11) is 0. The van der Waals surface area contributed by atoms with Gasteiger partial charge in [0.05, 0.1) is 18.1 Å². The van der Waals surface area contributed by atoms with Crippen molar-refractivity contribution in [2.45, 2.75) is 26.8 Å². The molecule has 0 aromatic heterocycles. The van der Waals surface area contributed by atoms with Crippen molar-refractivity contribution in [3.63, 3.8) is 0 Å². The Morgan fingerprint density at radius 3 is 2.39 bits per heavy atom. The van der Waals surface area contributed by atoms with Gasteiger partial charge in [0.1, 0.15) is 0 Å². The summed E-state index contributed by atoms with van der Waals surface area (Å²) in [6.07, 6.45) is 0.0711. The van der Waals surface area contributed by atoms with Gasteiger partial charge >= 0.3 is 11.9 Å². The second-order valence-electron chi connectivity index (χ2n) is 8.39.